The Balaban J connectivity index is 1.89. The minimum atomic E-state index is -0.328. The maximum Gasteiger partial charge on any atom is 0.295 e. The number of nitrogens with one attached hydrogen (secondary N) is 1. The molecule has 0 radical (unpaired) electrons. The van der Waals surface area contributed by atoms with Crippen molar-refractivity contribution < 1.29 is 4.79 Å². The fraction of sp³-hybridized carbons (Fsp3) is 0.211. The van der Waals surface area contributed by atoms with Crippen molar-refractivity contribution in [2.45, 2.75) is 27.7 Å². The summed E-state index contributed by atoms with van der Waals surface area (Å²) in [7, 11) is 0. The van der Waals surface area contributed by atoms with Crippen molar-refractivity contribution in [1.29, 1.82) is 0 Å². The zero-order chi connectivity index (χ0) is 18.1. The quantitative estimate of drug-likeness (QED) is 0.758. The first-order valence-electron chi connectivity index (χ1n) is 7.94. The van der Waals surface area contributed by atoms with Crippen LogP contribution in [0.25, 0.3) is 5.69 Å². The smallest absolute Gasteiger partial charge is 0.295 e. The first-order chi connectivity index (χ1) is 11.8. The Morgan fingerprint density at radius 3 is 2.24 bits per heavy atom. The van der Waals surface area contributed by atoms with Gasteiger partial charge in [-0.1, -0.05) is 29.3 Å². The highest BCUT2D eigenvalue weighted by Crippen LogP contribution is 2.22. The van der Waals surface area contributed by atoms with Gasteiger partial charge in [0, 0.05) is 10.7 Å². The van der Waals surface area contributed by atoms with Crippen molar-refractivity contribution >= 4 is 23.2 Å². The number of rotatable bonds is 3. The fourth-order valence-electron chi connectivity index (χ4n) is 2.86. The fourth-order valence-corrected chi connectivity index (χ4v) is 2.99. The summed E-state index contributed by atoms with van der Waals surface area (Å²) in [5.74, 6) is 0.433. The van der Waals surface area contributed by atoms with E-state index < -0.39 is 0 Å². The molecule has 3 rings (SSSR count). The average molecular weight is 355 g/mol. The molecule has 128 valence electrons. The Kier molecular flexibility index (Phi) is 4.59. The second-order valence-corrected chi connectivity index (χ2v) is 6.54. The summed E-state index contributed by atoms with van der Waals surface area (Å²) in [5, 5.41) is 7.90. The van der Waals surface area contributed by atoms with Crippen molar-refractivity contribution in [2.24, 2.45) is 0 Å². The number of anilines is 1. The summed E-state index contributed by atoms with van der Waals surface area (Å²) in [6.45, 7) is 7.78. The molecule has 1 heterocycles. The molecule has 3 aromatic rings. The normalized spacial score (nSPS) is 10.8. The number of amides is 1. The van der Waals surface area contributed by atoms with Crippen LogP contribution in [0.2, 0.25) is 5.02 Å². The van der Waals surface area contributed by atoms with Crippen molar-refractivity contribution in [3.05, 3.63) is 69.8 Å². The number of benzene rings is 2. The Morgan fingerprint density at radius 2 is 1.64 bits per heavy atom. The molecule has 2 aromatic carbocycles. The highest BCUT2D eigenvalue weighted by Gasteiger charge is 2.17. The summed E-state index contributed by atoms with van der Waals surface area (Å²) in [5.41, 5.74) is 4.79. The molecule has 0 spiro atoms. The molecule has 0 aliphatic heterocycles. The van der Waals surface area contributed by atoms with Gasteiger partial charge >= 0.3 is 0 Å². The monoisotopic (exact) mass is 354 g/mol. The number of hydrogen-bond donors (Lipinski definition) is 1. The molecule has 0 atom stereocenters. The molecule has 0 aliphatic carbocycles. The van der Waals surface area contributed by atoms with Crippen LogP contribution in [0.5, 0.6) is 0 Å². The molecule has 0 bridgehead atoms. The highest BCUT2D eigenvalue weighted by molar-refractivity contribution is 6.30. The summed E-state index contributed by atoms with van der Waals surface area (Å²) in [6.07, 6.45) is 0. The van der Waals surface area contributed by atoms with Gasteiger partial charge < -0.3 is 5.32 Å². The van der Waals surface area contributed by atoms with Crippen molar-refractivity contribution in [3.8, 4) is 5.69 Å². The van der Waals surface area contributed by atoms with E-state index in [1.54, 1.807) is 23.7 Å². The molecule has 0 fully saturated rings. The van der Waals surface area contributed by atoms with Gasteiger partial charge in [0.1, 0.15) is 5.82 Å². The van der Waals surface area contributed by atoms with Crippen LogP contribution in [0.15, 0.2) is 36.4 Å². The van der Waals surface area contributed by atoms with Crippen molar-refractivity contribution in [1.82, 2.24) is 14.8 Å². The molecule has 0 unspecified atom stereocenters. The molecule has 1 aromatic heterocycles. The number of carbonyl (C=O) groups excluding carboxylic acids is 1. The lowest BCUT2D eigenvalue weighted by Crippen LogP contribution is -2.16. The summed E-state index contributed by atoms with van der Waals surface area (Å²) < 4.78 is 1.63. The van der Waals surface area contributed by atoms with Crippen LogP contribution in [0, 0.1) is 27.7 Å². The van der Waals surface area contributed by atoms with E-state index in [0.29, 0.717) is 10.8 Å². The van der Waals surface area contributed by atoms with E-state index in [0.717, 1.165) is 28.1 Å². The Labute approximate surface area is 151 Å². The van der Waals surface area contributed by atoms with E-state index in [1.165, 1.54) is 0 Å². The number of aryl methyl sites for hydroxylation is 4. The van der Waals surface area contributed by atoms with Crippen LogP contribution < -0.4 is 5.32 Å². The van der Waals surface area contributed by atoms with Crippen LogP contribution in [0.4, 0.5) is 5.69 Å². The van der Waals surface area contributed by atoms with E-state index in [2.05, 4.69) is 15.4 Å². The zero-order valence-electron chi connectivity index (χ0n) is 14.6. The van der Waals surface area contributed by atoms with Gasteiger partial charge in [-0.15, -0.1) is 5.10 Å². The zero-order valence-corrected chi connectivity index (χ0v) is 15.3. The molecule has 1 N–H and O–H groups in total. The number of halogens is 1. The van der Waals surface area contributed by atoms with E-state index in [9.17, 15) is 4.79 Å². The summed E-state index contributed by atoms with van der Waals surface area (Å²) >= 11 is 5.92. The lowest BCUT2D eigenvalue weighted by atomic mass is 10.1. The van der Waals surface area contributed by atoms with Crippen LogP contribution in [-0.2, 0) is 0 Å². The standard InChI is InChI=1S/C19H19ClN4O/c1-11-9-12(2)17(13(3)10-11)22-19(25)18-21-14(4)24(23-18)16-7-5-15(20)6-8-16/h5-10H,1-4H3,(H,22,25). The number of carbonyl (C=O) groups is 1. The van der Waals surface area contributed by atoms with Gasteiger partial charge in [-0.25, -0.2) is 9.67 Å². The molecule has 5 nitrogen and oxygen atoms in total. The number of hydrogen-bond acceptors (Lipinski definition) is 3. The Bertz CT molecular complexity index is 922. The van der Waals surface area contributed by atoms with E-state index in [1.807, 2.05) is 45.0 Å². The second-order valence-electron chi connectivity index (χ2n) is 6.10. The van der Waals surface area contributed by atoms with Crippen molar-refractivity contribution in [2.75, 3.05) is 5.32 Å². The first-order valence-corrected chi connectivity index (χ1v) is 8.32. The lowest BCUT2D eigenvalue weighted by Gasteiger charge is -2.11. The lowest BCUT2D eigenvalue weighted by molar-refractivity contribution is 0.101. The van der Waals surface area contributed by atoms with E-state index in [4.69, 9.17) is 11.6 Å². The maximum absolute atomic E-state index is 12.6. The molecule has 1 amide bonds. The van der Waals surface area contributed by atoms with Crippen LogP contribution in [0.1, 0.15) is 33.1 Å². The van der Waals surface area contributed by atoms with Crippen molar-refractivity contribution in [3.63, 3.8) is 0 Å². The van der Waals surface area contributed by atoms with Gasteiger partial charge in [-0.2, -0.15) is 0 Å². The topological polar surface area (TPSA) is 59.8 Å². The predicted molar refractivity (Wildman–Crippen MR) is 99.7 cm³/mol. The number of nitrogens with zero attached hydrogens (tertiary/aromatic N) is 3. The van der Waals surface area contributed by atoms with Gasteiger partial charge in [0.25, 0.3) is 5.91 Å². The van der Waals surface area contributed by atoms with Crippen LogP contribution in [-0.4, -0.2) is 20.7 Å². The summed E-state index contributed by atoms with van der Waals surface area (Å²) in [6, 6.07) is 11.3. The molecule has 0 aliphatic rings. The third kappa shape index (κ3) is 3.56. The molecule has 0 saturated carbocycles. The molecule has 25 heavy (non-hydrogen) atoms. The van der Waals surface area contributed by atoms with Crippen LogP contribution >= 0.6 is 11.6 Å². The molecular formula is C19H19ClN4O. The SMILES string of the molecule is Cc1cc(C)c(NC(=O)c2nc(C)n(-c3ccc(Cl)cc3)n2)c(C)c1. The largest absolute Gasteiger partial charge is 0.319 e. The van der Waals surface area contributed by atoms with E-state index >= 15 is 0 Å². The van der Waals surface area contributed by atoms with E-state index in [-0.39, 0.29) is 11.7 Å². The minimum absolute atomic E-state index is 0.131. The maximum atomic E-state index is 12.6. The van der Waals surface area contributed by atoms with Gasteiger partial charge in [0.2, 0.25) is 5.82 Å². The first kappa shape index (κ1) is 17.2. The minimum Gasteiger partial charge on any atom is -0.319 e. The van der Waals surface area contributed by atoms with Gasteiger partial charge in [-0.05, 0) is 63.1 Å². The van der Waals surface area contributed by atoms with Gasteiger partial charge in [-0.3, -0.25) is 4.79 Å². The Hall–Kier alpha value is -2.66. The van der Waals surface area contributed by atoms with Crippen LogP contribution in [0.3, 0.4) is 0 Å². The Morgan fingerprint density at radius 1 is 1.04 bits per heavy atom. The molecule has 0 saturated heterocycles. The van der Waals surface area contributed by atoms with Gasteiger partial charge in [0.15, 0.2) is 0 Å². The molecular weight excluding hydrogens is 336 g/mol. The summed E-state index contributed by atoms with van der Waals surface area (Å²) in [4.78, 5) is 16.9. The second kappa shape index (κ2) is 6.69. The third-order valence-electron chi connectivity index (χ3n) is 3.96. The molecule has 6 heteroatoms. The third-order valence-corrected chi connectivity index (χ3v) is 4.21. The van der Waals surface area contributed by atoms with Gasteiger partial charge in [0.05, 0.1) is 5.69 Å². The average Bonchev–Trinajstić information content (AvgIpc) is 2.93. The predicted octanol–water partition coefficient (Wildman–Crippen LogP) is 4.41. The number of aromatic nitrogens is 3. The highest BCUT2D eigenvalue weighted by atomic mass is 35.5.